The first-order chi connectivity index (χ1) is 7.57. The van der Waals surface area contributed by atoms with E-state index in [0.717, 1.165) is 0 Å². The van der Waals surface area contributed by atoms with Crippen LogP contribution in [0.15, 0.2) is 0 Å². The predicted octanol–water partition coefficient (Wildman–Crippen LogP) is -0.465. The summed E-state index contributed by atoms with van der Waals surface area (Å²) >= 11 is 0. The van der Waals surface area contributed by atoms with Crippen LogP contribution in [0.4, 0.5) is 4.79 Å². The molecule has 0 spiro atoms. The smallest absolute Gasteiger partial charge is 0.332 e. The molecule has 0 unspecified atom stereocenters. The number of nitrogens with one attached hydrogen (secondary N) is 2. The average molecular weight is 228 g/mol. The van der Waals surface area contributed by atoms with E-state index in [1.807, 2.05) is 0 Å². The summed E-state index contributed by atoms with van der Waals surface area (Å²) < 4.78 is 0. The molecule has 0 fully saturated rings. The maximum atomic E-state index is 11.1. The fourth-order valence-corrected chi connectivity index (χ4v) is 0.872. The van der Waals surface area contributed by atoms with E-state index in [2.05, 4.69) is 22.5 Å². The standard InChI is InChI=1S/C10H16N2O4/c1-2-3-4-6-11-10(16)12-7-5-8(13)9(14)15/h8,13H,4-7H2,1H3,(H,14,15)(H2,11,12,16)/t8-/m0/s1. The van der Waals surface area contributed by atoms with Crippen molar-refractivity contribution >= 4 is 12.0 Å². The Labute approximate surface area is 94.0 Å². The molecule has 0 saturated carbocycles. The Balaban J connectivity index is 3.49. The van der Waals surface area contributed by atoms with E-state index in [9.17, 15) is 9.59 Å². The first-order valence-electron chi connectivity index (χ1n) is 4.90. The summed E-state index contributed by atoms with van der Waals surface area (Å²) in [6, 6.07) is -0.393. The number of hydrogen-bond donors (Lipinski definition) is 4. The molecule has 0 aliphatic carbocycles. The van der Waals surface area contributed by atoms with Crippen molar-refractivity contribution in [3.63, 3.8) is 0 Å². The molecule has 0 aromatic carbocycles. The van der Waals surface area contributed by atoms with Crippen molar-refractivity contribution in [3.05, 3.63) is 0 Å². The highest BCUT2D eigenvalue weighted by Gasteiger charge is 2.12. The minimum absolute atomic E-state index is 0.0164. The van der Waals surface area contributed by atoms with Crippen LogP contribution in [0, 0.1) is 11.8 Å². The highest BCUT2D eigenvalue weighted by atomic mass is 16.4. The number of urea groups is 1. The van der Waals surface area contributed by atoms with Crippen LogP contribution in [0.2, 0.25) is 0 Å². The maximum Gasteiger partial charge on any atom is 0.332 e. The minimum atomic E-state index is -1.44. The van der Waals surface area contributed by atoms with Crippen LogP contribution in [0.1, 0.15) is 19.8 Å². The molecule has 0 aromatic heterocycles. The van der Waals surface area contributed by atoms with Gasteiger partial charge in [-0.05, 0) is 6.92 Å². The highest BCUT2D eigenvalue weighted by molar-refractivity contribution is 5.74. The monoisotopic (exact) mass is 228 g/mol. The summed E-state index contributed by atoms with van der Waals surface area (Å²) in [6.07, 6.45) is -0.884. The van der Waals surface area contributed by atoms with Crippen molar-refractivity contribution in [1.29, 1.82) is 0 Å². The molecule has 4 N–H and O–H groups in total. The lowest BCUT2D eigenvalue weighted by atomic mass is 10.2. The number of aliphatic hydroxyl groups is 1. The van der Waals surface area contributed by atoms with E-state index in [0.29, 0.717) is 13.0 Å². The Kier molecular flexibility index (Phi) is 7.63. The largest absolute Gasteiger partial charge is 0.479 e. The minimum Gasteiger partial charge on any atom is -0.479 e. The Morgan fingerprint density at radius 3 is 2.50 bits per heavy atom. The van der Waals surface area contributed by atoms with E-state index in [1.54, 1.807) is 6.92 Å². The third-order valence-corrected chi connectivity index (χ3v) is 1.70. The van der Waals surface area contributed by atoms with Crippen LogP contribution in [-0.2, 0) is 4.79 Å². The zero-order valence-electron chi connectivity index (χ0n) is 9.12. The summed E-state index contributed by atoms with van der Waals surface area (Å²) in [6.45, 7) is 2.26. The Morgan fingerprint density at radius 1 is 1.31 bits per heavy atom. The number of aliphatic carboxylic acids is 1. The molecule has 6 nitrogen and oxygen atoms in total. The second kappa shape index (κ2) is 8.56. The lowest BCUT2D eigenvalue weighted by Gasteiger charge is -2.07. The molecule has 0 aliphatic rings. The summed E-state index contributed by atoms with van der Waals surface area (Å²) in [5, 5.41) is 22.2. The molecular weight excluding hydrogens is 212 g/mol. The number of carbonyl (C=O) groups excluding carboxylic acids is 1. The third kappa shape index (κ3) is 7.64. The quantitative estimate of drug-likeness (QED) is 0.365. The number of aliphatic hydroxyl groups excluding tert-OH is 1. The zero-order valence-corrected chi connectivity index (χ0v) is 9.12. The van der Waals surface area contributed by atoms with Crippen LogP contribution >= 0.6 is 0 Å². The molecule has 0 aromatic rings. The normalized spacial score (nSPS) is 10.9. The van der Waals surface area contributed by atoms with E-state index in [1.165, 1.54) is 0 Å². The van der Waals surface area contributed by atoms with E-state index in [4.69, 9.17) is 10.2 Å². The van der Waals surface area contributed by atoms with Crippen molar-refractivity contribution in [3.8, 4) is 11.8 Å². The molecule has 6 heteroatoms. The summed E-state index contributed by atoms with van der Waals surface area (Å²) in [7, 11) is 0. The van der Waals surface area contributed by atoms with E-state index in [-0.39, 0.29) is 13.0 Å². The van der Waals surface area contributed by atoms with Gasteiger partial charge < -0.3 is 20.8 Å². The van der Waals surface area contributed by atoms with E-state index < -0.39 is 18.1 Å². The molecule has 90 valence electrons. The molecule has 1 atom stereocenters. The molecule has 0 rings (SSSR count). The van der Waals surface area contributed by atoms with Crippen molar-refractivity contribution in [1.82, 2.24) is 10.6 Å². The Hall–Kier alpha value is -1.74. The fraction of sp³-hybridized carbons (Fsp3) is 0.600. The van der Waals surface area contributed by atoms with Gasteiger partial charge in [-0.3, -0.25) is 0 Å². The second-order valence-electron chi connectivity index (χ2n) is 3.00. The molecule has 0 aliphatic heterocycles. The lowest BCUT2D eigenvalue weighted by molar-refractivity contribution is -0.146. The highest BCUT2D eigenvalue weighted by Crippen LogP contribution is 1.88. The molecule has 16 heavy (non-hydrogen) atoms. The number of hydrogen-bond acceptors (Lipinski definition) is 3. The predicted molar refractivity (Wildman–Crippen MR) is 57.7 cm³/mol. The maximum absolute atomic E-state index is 11.1. The third-order valence-electron chi connectivity index (χ3n) is 1.70. The lowest BCUT2D eigenvalue weighted by Crippen LogP contribution is -2.38. The average Bonchev–Trinajstić information content (AvgIpc) is 2.24. The van der Waals surface area contributed by atoms with Gasteiger partial charge in [-0.2, -0.15) is 0 Å². The van der Waals surface area contributed by atoms with Crippen LogP contribution in [0.3, 0.4) is 0 Å². The van der Waals surface area contributed by atoms with Gasteiger partial charge in [0.25, 0.3) is 0 Å². The van der Waals surface area contributed by atoms with Crippen molar-refractivity contribution < 1.29 is 19.8 Å². The number of carboxylic acids is 1. The van der Waals surface area contributed by atoms with Gasteiger partial charge in [0.15, 0.2) is 6.10 Å². The first-order valence-corrected chi connectivity index (χ1v) is 4.90. The molecular formula is C10H16N2O4. The van der Waals surface area contributed by atoms with Crippen LogP contribution in [0.5, 0.6) is 0 Å². The van der Waals surface area contributed by atoms with Crippen molar-refractivity contribution in [2.45, 2.75) is 25.9 Å². The van der Waals surface area contributed by atoms with Gasteiger partial charge in [-0.1, -0.05) is 0 Å². The summed E-state index contributed by atoms with van der Waals surface area (Å²) in [4.78, 5) is 21.3. The van der Waals surface area contributed by atoms with Crippen molar-refractivity contribution in [2.24, 2.45) is 0 Å². The molecule has 2 amide bonds. The summed E-state index contributed by atoms with van der Waals surface area (Å²) in [5.41, 5.74) is 0. The van der Waals surface area contributed by atoms with Gasteiger partial charge in [0, 0.05) is 25.9 Å². The van der Waals surface area contributed by atoms with Crippen LogP contribution in [0.25, 0.3) is 0 Å². The second-order valence-corrected chi connectivity index (χ2v) is 3.00. The molecule has 0 radical (unpaired) electrons. The number of amides is 2. The van der Waals surface area contributed by atoms with Gasteiger partial charge in [0.05, 0.1) is 0 Å². The number of carboxylic acid groups (broad SMARTS) is 1. The Morgan fingerprint density at radius 2 is 1.94 bits per heavy atom. The van der Waals surface area contributed by atoms with Crippen LogP contribution in [-0.4, -0.2) is 41.4 Å². The number of rotatable bonds is 6. The van der Waals surface area contributed by atoms with E-state index >= 15 is 0 Å². The molecule has 0 saturated heterocycles. The molecule has 0 heterocycles. The summed E-state index contributed by atoms with van der Waals surface area (Å²) in [5.74, 6) is 4.18. The number of carbonyl (C=O) groups is 2. The van der Waals surface area contributed by atoms with Crippen molar-refractivity contribution in [2.75, 3.05) is 13.1 Å². The van der Waals surface area contributed by atoms with Gasteiger partial charge in [0.2, 0.25) is 0 Å². The van der Waals surface area contributed by atoms with Gasteiger partial charge >= 0.3 is 12.0 Å². The fourth-order valence-electron chi connectivity index (χ4n) is 0.872. The van der Waals surface area contributed by atoms with Gasteiger partial charge in [-0.25, -0.2) is 9.59 Å². The van der Waals surface area contributed by atoms with Crippen LogP contribution < -0.4 is 10.6 Å². The topological polar surface area (TPSA) is 98.7 Å². The van der Waals surface area contributed by atoms with Gasteiger partial charge in [0.1, 0.15) is 0 Å². The first kappa shape index (κ1) is 14.3. The van der Waals surface area contributed by atoms with Gasteiger partial charge in [-0.15, -0.1) is 11.8 Å². The SMILES string of the molecule is CC#CCCNC(=O)NCC[C@H](O)C(=O)O. The zero-order chi connectivity index (χ0) is 12.4. The Bertz CT molecular complexity index is 293. The molecule has 0 bridgehead atoms.